The molecule has 1 heterocycles. The molecule has 1 saturated heterocycles. The Morgan fingerprint density at radius 3 is 1.88 bits per heavy atom. The molecular weight excluding hydrogens is 350 g/mol. The predicted molar refractivity (Wildman–Crippen MR) is 105 cm³/mol. The summed E-state index contributed by atoms with van der Waals surface area (Å²) in [6, 6.07) is 16.3. The van der Waals surface area contributed by atoms with Gasteiger partial charge in [0.2, 0.25) is 0 Å². The second kappa shape index (κ2) is 8.54. The second-order valence-electron chi connectivity index (χ2n) is 6.43. The topological polar surface area (TPSA) is 53.6 Å². The molecule has 26 heavy (non-hydrogen) atoms. The molecule has 1 fully saturated rings. The van der Waals surface area contributed by atoms with Crippen LogP contribution in [0.5, 0.6) is 0 Å². The number of halogens is 1. The van der Waals surface area contributed by atoms with Crippen molar-refractivity contribution in [2.45, 2.75) is 6.10 Å². The largest absolute Gasteiger partial charge is 0.436 e. The highest BCUT2D eigenvalue weighted by molar-refractivity contribution is 5.85. The van der Waals surface area contributed by atoms with Gasteiger partial charge in [0.1, 0.15) is 0 Å². The number of carbonyl (C=O) groups excluding carboxylic acids is 1. The van der Waals surface area contributed by atoms with Gasteiger partial charge in [0.25, 0.3) is 0 Å². The van der Waals surface area contributed by atoms with Crippen LogP contribution in [-0.2, 0) is 4.74 Å². The summed E-state index contributed by atoms with van der Waals surface area (Å²) >= 11 is 0. The molecule has 2 aliphatic rings. The average Bonchev–Trinajstić information content (AvgIpc) is 3.03. The van der Waals surface area contributed by atoms with E-state index in [1.54, 1.807) is 4.90 Å². The number of benzene rings is 2. The molecule has 6 heteroatoms. The summed E-state index contributed by atoms with van der Waals surface area (Å²) < 4.78 is 5.97. The molecule has 0 aromatic heterocycles. The second-order valence-corrected chi connectivity index (χ2v) is 6.43. The first-order valence-electron chi connectivity index (χ1n) is 8.90. The first kappa shape index (κ1) is 18.7. The molecule has 2 N–H and O–H groups in total. The fourth-order valence-corrected chi connectivity index (χ4v) is 3.56. The molecule has 2 aromatic carbocycles. The minimum atomic E-state index is -0.326. The van der Waals surface area contributed by atoms with E-state index < -0.39 is 0 Å². The van der Waals surface area contributed by atoms with Crippen LogP contribution < -0.4 is 10.6 Å². The van der Waals surface area contributed by atoms with Gasteiger partial charge in [-0.1, -0.05) is 48.5 Å². The van der Waals surface area contributed by atoms with E-state index in [4.69, 9.17) is 4.74 Å². The highest BCUT2D eigenvalue weighted by Gasteiger charge is 2.32. The minimum Gasteiger partial charge on any atom is -0.436 e. The normalized spacial score (nSPS) is 17.2. The third-order valence-electron chi connectivity index (χ3n) is 4.85. The van der Waals surface area contributed by atoms with Crippen LogP contribution in [0.3, 0.4) is 0 Å². The molecule has 1 aliphatic heterocycles. The summed E-state index contributed by atoms with van der Waals surface area (Å²) in [7, 11) is 0. The average molecular weight is 374 g/mol. The van der Waals surface area contributed by atoms with E-state index in [2.05, 4.69) is 34.9 Å². The summed E-state index contributed by atoms with van der Waals surface area (Å²) in [4.78, 5) is 14.6. The Balaban J connectivity index is 0.00000196. The van der Waals surface area contributed by atoms with Gasteiger partial charge in [-0.15, -0.1) is 12.4 Å². The quantitative estimate of drug-likeness (QED) is 0.807. The van der Waals surface area contributed by atoms with Crippen LogP contribution in [0.15, 0.2) is 48.5 Å². The Morgan fingerprint density at radius 2 is 1.35 bits per heavy atom. The van der Waals surface area contributed by atoms with Gasteiger partial charge >= 0.3 is 6.09 Å². The number of nitrogens with one attached hydrogen (secondary N) is 2. The predicted octanol–water partition coefficient (Wildman–Crippen LogP) is 2.81. The third-order valence-corrected chi connectivity index (χ3v) is 4.85. The van der Waals surface area contributed by atoms with Gasteiger partial charge in [-0.05, 0) is 11.1 Å². The summed E-state index contributed by atoms with van der Waals surface area (Å²) in [6.07, 6.45) is -0.574. The number of fused-ring (bicyclic) bond motifs is 3. The van der Waals surface area contributed by atoms with Crippen LogP contribution in [-0.4, -0.2) is 50.3 Å². The molecular formula is C20H24ClN3O2. The molecule has 0 atom stereocenters. The highest BCUT2D eigenvalue weighted by atomic mass is 35.5. The molecule has 0 bridgehead atoms. The zero-order valence-electron chi connectivity index (χ0n) is 14.6. The first-order chi connectivity index (χ1) is 12.3. The van der Waals surface area contributed by atoms with Crippen LogP contribution in [0.4, 0.5) is 4.79 Å². The van der Waals surface area contributed by atoms with E-state index in [9.17, 15) is 4.79 Å². The Kier molecular flexibility index (Phi) is 6.14. The van der Waals surface area contributed by atoms with Crippen molar-refractivity contribution in [1.29, 1.82) is 0 Å². The molecule has 5 nitrogen and oxygen atoms in total. The lowest BCUT2D eigenvalue weighted by Gasteiger charge is -2.24. The van der Waals surface area contributed by atoms with Crippen molar-refractivity contribution >= 4 is 18.5 Å². The van der Waals surface area contributed by atoms with Crippen molar-refractivity contribution in [1.82, 2.24) is 15.5 Å². The molecule has 1 aliphatic carbocycles. The lowest BCUT2D eigenvalue weighted by atomic mass is 10.1. The van der Waals surface area contributed by atoms with E-state index in [0.29, 0.717) is 13.1 Å². The Bertz CT molecular complexity index is 713. The monoisotopic (exact) mass is 373 g/mol. The van der Waals surface area contributed by atoms with Gasteiger partial charge in [-0.3, -0.25) is 0 Å². The van der Waals surface area contributed by atoms with Crippen LogP contribution >= 0.6 is 12.4 Å². The maximum Gasteiger partial charge on any atom is 0.410 e. The lowest BCUT2D eigenvalue weighted by molar-refractivity contribution is 0.0798. The van der Waals surface area contributed by atoms with Gasteiger partial charge in [0.15, 0.2) is 6.10 Å². The Labute approximate surface area is 160 Å². The number of hydrogen-bond donors (Lipinski definition) is 2. The molecule has 4 rings (SSSR count). The van der Waals surface area contributed by atoms with Crippen molar-refractivity contribution in [2.24, 2.45) is 0 Å². The summed E-state index contributed by atoms with van der Waals surface area (Å²) in [5, 5.41) is 6.65. The van der Waals surface area contributed by atoms with Gasteiger partial charge in [0.05, 0.1) is 0 Å². The van der Waals surface area contributed by atoms with E-state index in [1.807, 2.05) is 24.3 Å². The van der Waals surface area contributed by atoms with Crippen LogP contribution in [0.1, 0.15) is 17.2 Å². The Hall–Kier alpha value is -2.08. The lowest BCUT2D eigenvalue weighted by Crippen LogP contribution is -2.39. The number of ether oxygens (including phenoxy) is 1. The van der Waals surface area contributed by atoms with Crippen molar-refractivity contribution in [2.75, 3.05) is 39.3 Å². The number of rotatable bonds is 1. The van der Waals surface area contributed by atoms with Gasteiger partial charge < -0.3 is 20.3 Å². The molecule has 0 unspecified atom stereocenters. The third kappa shape index (κ3) is 3.70. The zero-order valence-corrected chi connectivity index (χ0v) is 15.4. The maximum atomic E-state index is 12.8. The number of hydrogen-bond acceptors (Lipinski definition) is 4. The fourth-order valence-electron chi connectivity index (χ4n) is 3.56. The van der Waals surface area contributed by atoms with Gasteiger partial charge in [0, 0.05) is 50.4 Å². The molecule has 0 spiro atoms. The summed E-state index contributed by atoms with van der Waals surface area (Å²) in [6.45, 7) is 4.74. The first-order valence-corrected chi connectivity index (χ1v) is 8.90. The molecule has 2 aromatic rings. The minimum absolute atomic E-state index is 0. The Morgan fingerprint density at radius 1 is 0.846 bits per heavy atom. The van der Waals surface area contributed by atoms with Crippen molar-refractivity contribution < 1.29 is 9.53 Å². The smallest absolute Gasteiger partial charge is 0.410 e. The van der Waals surface area contributed by atoms with Crippen molar-refractivity contribution in [3.63, 3.8) is 0 Å². The van der Waals surface area contributed by atoms with Crippen molar-refractivity contribution in [3.05, 3.63) is 59.7 Å². The maximum absolute atomic E-state index is 12.8. The van der Waals surface area contributed by atoms with Crippen LogP contribution in [0, 0.1) is 0 Å². The zero-order chi connectivity index (χ0) is 17.1. The van der Waals surface area contributed by atoms with Crippen LogP contribution in [0.25, 0.3) is 11.1 Å². The van der Waals surface area contributed by atoms with E-state index in [1.165, 1.54) is 0 Å². The van der Waals surface area contributed by atoms with E-state index in [-0.39, 0.29) is 24.6 Å². The summed E-state index contributed by atoms with van der Waals surface area (Å²) in [5.41, 5.74) is 4.45. The number of amides is 1. The number of nitrogens with zero attached hydrogens (tertiary/aromatic N) is 1. The standard InChI is InChI=1S/C20H23N3O2.ClH/c24-20(23-13-11-21-9-10-22-12-14-23)25-19-17-7-3-1-5-15(17)16-6-2-4-8-18(16)19;/h1-8,19,21-22H,9-14H2;1H. The highest BCUT2D eigenvalue weighted by Crippen LogP contribution is 2.45. The fraction of sp³-hybridized carbons (Fsp3) is 0.350. The molecule has 0 saturated carbocycles. The van der Waals surface area contributed by atoms with E-state index in [0.717, 1.165) is 48.4 Å². The number of carbonyl (C=O) groups is 1. The molecule has 1 amide bonds. The summed E-state index contributed by atoms with van der Waals surface area (Å²) in [5.74, 6) is 0. The van der Waals surface area contributed by atoms with Gasteiger partial charge in [-0.2, -0.15) is 0 Å². The van der Waals surface area contributed by atoms with Crippen LogP contribution in [0.2, 0.25) is 0 Å². The van der Waals surface area contributed by atoms with Gasteiger partial charge in [-0.25, -0.2) is 4.79 Å². The van der Waals surface area contributed by atoms with E-state index >= 15 is 0 Å². The van der Waals surface area contributed by atoms with Crippen molar-refractivity contribution in [3.8, 4) is 11.1 Å². The molecule has 0 radical (unpaired) electrons. The SMILES string of the molecule is Cl.O=C(OC1c2ccccc2-c2ccccc21)N1CCNCCNCC1. The molecule has 138 valence electrons.